The molecule has 0 aliphatic rings. The van der Waals surface area contributed by atoms with Crippen LogP contribution in [0.3, 0.4) is 0 Å². The number of benzene rings is 1. The average molecular weight is 207 g/mol. The zero-order valence-corrected chi connectivity index (χ0v) is 9.44. The highest BCUT2D eigenvalue weighted by Gasteiger charge is 2.07. The first-order chi connectivity index (χ1) is 6.70. The van der Waals surface area contributed by atoms with Gasteiger partial charge in [-0.2, -0.15) is 0 Å². The van der Waals surface area contributed by atoms with Crippen molar-refractivity contribution in [1.82, 2.24) is 4.98 Å². The van der Waals surface area contributed by atoms with E-state index in [1.165, 1.54) is 10.3 Å². The fourth-order valence-electron chi connectivity index (χ4n) is 1.51. The lowest BCUT2D eigenvalue weighted by molar-refractivity contribution is 0.343. The molecule has 14 heavy (non-hydrogen) atoms. The summed E-state index contributed by atoms with van der Waals surface area (Å²) in [4.78, 5) is 4.47. The Hall–Kier alpha value is -1.09. The van der Waals surface area contributed by atoms with Crippen molar-refractivity contribution in [3.63, 3.8) is 0 Å². The predicted octanol–water partition coefficient (Wildman–Crippen LogP) is 3.31. The van der Waals surface area contributed by atoms with Crippen molar-refractivity contribution in [1.29, 1.82) is 0 Å². The summed E-state index contributed by atoms with van der Waals surface area (Å²) in [6.45, 7) is 6.79. The Morgan fingerprint density at radius 1 is 1.36 bits per heavy atom. The van der Waals surface area contributed by atoms with Gasteiger partial charge >= 0.3 is 0 Å². The molecule has 0 atom stereocenters. The van der Waals surface area contributed by atoms with Crippen LogP contribution in [0.5, 0.6) is 5.75 Å². The second-order valence-corrected chi connectivity index (χ2v) is 4.51. The highest BCUT2D eigenvalue weighted by molar-refractivity contribution is 7.18. The molecule has 1 aromatic carbocycles. The van der Waals surface area contributed by atoms with E-state index in [9.17, 15) is 0 Å². The molecule has 0 saturated carbocycles. The van der Waals surface area contributed by atoms with E-state index in [1.807, 2.05) is 19.9 Å². The second kappa shape index (κ2) is 3.58. The number of hydrogen-bond acceptors (Lipinski definition) is 3. The van der Waals surface area contributed by atoms with E-state index in [0.29, 0.717) is 6.61 Å². The average Bonchev–Trinajstić information content (AvgIpc) is 2.45. The lowest BCUT2D eigenvalue weighted by Gasteiger charge is -2.04. The molecule has 0 spiro atoms. The molecule has 0 saturated heterocycles. The minimum absolute atomic E-state index is 0.690. The van der Waals surface area contributed by atoms with Gasteiger partial charge in [-0.25, -0.2) is 4.98 Å². The van der Waals surface area contributed by atoms with Gasteiger partial charge in [0, 0.05) is 0 Å². The molecule has 0 fully saturated rings. The van der Waals surface area contributed by atoms with Gasteiger partial charge in [0.05, 0.1) is 16.3 Å². The fraction of sp³-hybridized carbons (Fsp3) is 0.364. The Bertz CT molecular complexity index is 462. The molecule has 0 amide bonds. The largest absolute Gasteiger partial charge is 0.492 e. The molecular weight excluding hydrogens is 194 g/mol. The zero-order chi connectivity index (χ0) is 10.1. The Morgan fingerprint density at radius 2 is 2.14 bits per heavy atom. The zero-order valence-electron chi connectivity index (χ0n) is 8.63. The van der Waals surface area contributed by atoms with Crippen LogP contribution in [0.15, 0.2) is 12.1 Å². The van der Waals surface area contributed by atoms with Gasteiger partial charge in [-0.3, -0.25) is 0 Å². The normalized spacial score (nSPS) is 10.8. The van der Waals surface area contributed by atoms with E-state index >= 15 is 0 Å². The third kappa shape index (κ3) is 1.60. The van der Waals surface area contributed by atoms with Gasteiger partial charge in [0.1, 0.15) is 11.3 Å². The maximum atomic E-state index is 5.56. The molecule has 2 nitrogen and oxygen atoms in total. The van der Waals surface area contributed by atoms with Crippen LogP contribution in [0.1, 0.15) is 17.5 Å². The standard InChI is InChI=1S/C11H13NOS/c1-4-13-9-5-7(2)6-10-11(9)12-8(3)14-10/h5-6H,4H2,1-3H3. The molecule has 1 heterocycles. The smallest absolute Gasteiger partial charge is 0.146 e. The van der Waals surface area contributed by atoms with E-state index in [1.54, 1.807) is 11.3 Å². The summed E-state index contributed by atoms with van der Waals surface area (Å²) in [5.41, 5.74) is 2.23. The molecule has 0 aliphatic carbocycles. The molecule has 3 heteroatoms. The van der Waals surface area contributed by atoms with Gasteiger partial charge in [0.2, 0.25) is 0 Å². The molecule has 1 aromatic heterocycles. The minimum atomic E-state index is 0.690. The van der Waals surface area contributed by atoms with Crippen LogP contribution >= 0.6 is 11.3 Å². The lowest BCUT2D eigenvalue weighted by atomic mass is 10.2. The monoisotopic (exact) mass is 207 g/mol. The maximum Gasteiger partial charge on any atom is 0.146 e. The number of hydrogen-bond donors (Lipinski definition) is 0. The van der Waals surface area contributed by atoms with E-state index in [-0.39, 0.29) is 0 Å². The molecule has 2 aromatic rings. The Balaban J connectivity index is 2.66. The third-order valence-electron chi connectivity index (χ3n) is 2.01. The van der Waals surface area contributed by atoms with Gasteiger partial charge in [-0.1, -0.05) is 0 Å². The molecule has 0 bridgehead atoms. The number of thiazole rings is 1. The van der Waals surface area contributed by atoms with Crippen LogP contribution in [0.2, 0.25) is 0 Å². The van der Waals surface area contributed by atoms with E-state index in [0.717, 1.165) is 16.3 Å². The van der Waals surface area contributed by atoms with Gasteiger partial charge in [-0.05, 0) is 38.5 Å². The van der Waals surface area contributed by atoms with Crippen LogP contribution in [-0.4, -0.2) is 11.6 Å². The van der Waals surface area contributed by atoms with Crippen molar-refractivity contribution in [3.8, 4) is 5.75 Å². The summed E-state index contributed by atoms with van der Waals surface area (Å²) in [6.07, 6.45) is 0. The van der Waals surface area contributed by atoms with E-state index < -0.39 is 0 Å². The molecule has 0 N–H and O–H groups in total. The van der Waals surface area contributed by atoms with Crippen LogP contribution < -0.4 is 4.74 Å². The molecular formula is C11H13NOS. The Labute approximate surface area is 87.5 Å². The first-order valence-corrected chi connectivity index (χ1v) is 5.53. The number of aryl methyl sites for hydroxylation is 2. The maximum absolute atomic E-state index is 5.56. The van der Waals surface area contributed by atoms with E-state index in [4.69, 9.17) is 4.74 Å². The predicted molar refractivity (Wildman–Crippen MR) is 60.3 cm³/mol. The molecule has 2 rings (SSSR count). The fourth-order valence-corrected chi connectivity index (χ4v) is 2.45. The first kappa shape index (κ1) is 9.46. The summed E-state index contributed by atoms with van der Waals surface area (Å²) in [5.74, 6) is 0.909. The number of rotatable bonds is 2. The number of aromatic nitrogens is 1. The summed E-state index contributed by atoms with van der Waals surface area (Å²) < 4.78 is 6.77. The van der Waals surface area contributed by atoms with Crippen molar-refractivity contribution in [3.05, 3.63) is 22.7 Å². The Kier molecular flexibility index (Phi) is 2.42. The van der Waals surface area contributed by atoms with Crippen molar-refractivity contribution >= 4 is 21.6 Å². The number of ether oxygens (including phenoxy) is 1. The van der Waals surface area contributed by atoms with E-state index in [2.05, 4.69) is 18.0 Å². The van der Waals surface area contributed by atoms with Crippen molar-refractivity contribution in [2.45, 2.75) is 20.8 Å². The van der Waals surface area contributed by atoms with Crippen molar-refractivity contribution < 1.29 is 4.74 Å². The quantitative estimate of drug-likeness (QED) is 0.753. The Morgan fingerprint density at radius 3 is 2.86 bits per heavy atom. The molecule has 0 aliphatic heterocycles. The first-order valence-electron chi connectivity index (χ1n) is 4.71. The summed E-state index contributed by atoms with van der Waals surface area (Å²) in [7, 11) is 0. The van der Waals surface area contributed by atoms with Crippen LogP contribution in [0.4, 0.5) is 0 Å². The molecule has 0 unspecified atom stereocenters. The molecule has 0 radical (unpaired) electrons. The van der Waals surface area contributed by atoms with Gasteiger partial charge in [0.15, 0.2) is 0 Å². The lowest BCUT2D eigenvalue weighted by Crippen LogP contribution is -1.92. The topological polar surface area (TPSA) is 22.1 Å². The SMILES string of the molecule is CCOc1cc(C)cc2sc(C)nc12. The van der Waals surface area contributed by atoms with Gasteiger partial charge in [-0.15, -0.1) is 11.3 Å². The van der Waals surface area contributed by atoms with Gasteiger partial charge < -0.3 is 4.74 Å². The highest BCUT2D eigenvalue weighted by atomic mass is 32.1. The summed E-state index contributed by atoms with van der Waals surface area (Å²) >= 11 is 1.72. The highest BCUT2D eigenvalue weighted by Crippen LogP contribution is 2.30. The second-order valence-electron chi connectivity index (χ2n) is 3.28. The van der Waals surface area contributed by atoms with Crippen LogP contribution in [-0.2, 0) is 0 Å². The van der Waals surface area contributed by atoms with Crippen molar-refractivity contribution in [2.24, 2.45) is 0 Å². The van der Waals surface area contributed by atoms with Crippen LogP contribution in [0.25, 0.3) is 10.2 Å². The van der Waals surface area contributed by atoms with Crippen LogP contribution in [0, 0.1) is 13.8 Å². The third-order valence-corrected chi connectivity index (χ3v) is 2.93. The number of fused-ring (bicyclic) bond motifs is 1. The molecule has 74 valence electrons. The number of nitrogens with zero attached hydrogens (tertiary/aromatic N) is 1. The van der Waals surface area contributed by atoms with Crippen molar-refractivity contribution in [2.75, 3.05) is 6.61 Å². The minimum Gasteiger partial charge on any atom is -0.492 e. The summed E-state index contributed by atoms with van der Waals surface area (Å²) in [5, 5.41) is 1.09. The van der Waals surface area contributed by atoms with Gasteiger partial charge in [0.25, 0.3) is 0 Å². The summed E-state index contributed by atoms with van der Waals surface area (Å²) in [6, 6.07) is 4.20.